The molecule has 3 rings (SSSR count). The lowest BCUT2D eigenvalue weighted by atomic mass is 9.94. The van der Waals surface area contributed by atoms with E-state index in [2.05, 4.69) is 53.2 Å². The lowest BCUT2D eigenvalue weighted by molar-refractivity contribution is 0.790. The lowest BCUT2D eigenvalue weighted by Crippen LogP contribution is -2.02. The number of fused-ring (bicyclic) bond motifs is 1. The van der Waals surface area contributed by atoms with Crippen LogP contribution in [0, 0.1) is 0 Å². The van der Waals surface area contributed by atoms with Crippen molar-refractivity contribution in [3.8, 4) is 0 Å². The summed E-state index contributed by atoms with van der Waals surface area (Å²) >= 11 is 0. The van der Waals surface area contributed by atoms with E-state index in [0.717, 1.165) is 12.2 Å². The van der Waals surface area contributed by atoms with Crippen LogP contribution in [0.4, 0.5) is 0 Å². The molecule has 0 saturated carbocycles. The highest BCUT2D eigenvalue weighted by atomic mass is 15.3. The molecule has 19 heavy (non-hydrogen) atoms. The largest absolute Gasteiger partial charge is 0.252 e. The van der Waals surface area contributed by atoms with Gasteiger partial charge in [0.05, 0.1) is 0 Å². The predicted molar refractivity (Wildman–Crippen MR) is 74.1 cm³/mol. The standard InChI is InChI=1S/C15H16N4/c1-3-12-7-4-5-8-13(12)11(2)14-17-15-16-9-6-10-19(15)18-14/h4-11H,3H2,1-2H3. The summed E-state index contributed by atoms with van der Waals surface area (Å²) in [5, 5.41) is 4.51. The maximum absolute atomic E-state index is 4.51. The molecule has 0 saturated heterocycles. The number of benzene rings is 1. The number of aromatic nitrogens is 4. The van der Waals surface area contributed by atoms with Crippen LogP contribution >= 0.6 is 0 Å². The molecule has 0 aliphatic rings. The van der Waals surface area contributed by atoms with Crippen LogP contribution in [0.1, 0.15) is 36.7 Å². The molecular weight excluding hydrogens is 236 g/mol. The highest BCUT2D eigenvalue weighted by Crippen LogP contribution is 2.25. The van der Waals surface area contributed by atoms with E-state index >= 15 is 0 Å². The number of rotatable bonds is 3. The number of hydrogen-bond acceptors (Lipinski definition) is 3. The normalized spacial score (nSPS) is 12.7. The molecule has 0 fully saturated rings. The van der Waals surface area contributed by atoms with Crippen LogP contribution in [0.5, 0.6) is 0 Å². The number of nitrogens with zero attached hydrogens (tertiary/aromatic N) is 4. The van der Waals surface area contributed by atoms with E-state index in [1.54, 1.807) is 10.7 Å². The van der Waals surface area contributed by atoms with E-state index in [1.165, 1.54) is 11.1 Å². The van der Waals surface area contributed by atoms with Crippen molar-refractivity contribution in [2.75, 3.05) is 0 Å². The van der Waals surface area contributed by atoms with E-state index in [4.69, 9.17) is 0 Å². The summed E-state index contributed by atoms with van der Waals surface area (Å²) in [6.07, 6.45) is 4.63. The zero-order valence-electron chi connectivity index (χ0n) is 11.1. The van der Waals surface area contributed by atoms with E-state index in [-0.39, 0.29) is 5.92 Å². The first-order chi connectivity index (χ1) is 9.29. The third-order valence-corrected chi connectivity index (χ3v) is 3.42. The molecule has 0 amide bonds. The van der Waals surface area contributed by atoms with Gasteiger partial charge in [-0.15, -0.1) is 5.10 Å². The maximum Gasteiger partial charge on any atom is 0.252 e. The van der Waals surface area contributed by atoms with E-state index in [9.17, 15) is 0 Å². The van der Waals surface area contributed by atoms with Gasteiger partial charge in [0.2, 0.25) is 0 Å². The fourth-order valence-electron chi connectivity index (χ4n) is 2.35. The van der Waals surface area contributed by atoms with Crippen molar-refractivity contribution >= 4 is 5.78 Å². The molecule has 4 heteroatoms. The van der Waals surface area contributed by atoms with Gasteiger partial charge in [-0.25, -0.2) is 9.50 Å². The summed E-state index contributed by atoms with van der Waals surface area (Å²) in [6.45, 7) is 4.31. The predicted octanol–water partition coefficient (Wildman–Crippen LogP) is 2.84. The Labute approximate surface area is 112 Å². The summed E-state index contributed by atoms with van der Waals surface area (Å²) < 4.78 is 1.72. The van der Waals surface area contributed by atoms with Crippen LogP contribution < -0.4 is 0 Å². The molecule has 0 spiro atoms. The molecule has 0 radical (unpaired) electrons. The first-order valence-electron chi connectivity index (χ1n) is 6.54. The number of aryl methyl sites for hydroxylation is 1. The summed E-state index contributed by atoms with van der Waals surface area (Å²) in [6, 6.07) is 10.3. The smallest absolute Gasteiger partial charge is 0.220 e. The van der Waals surface area contributed by atoms with Crippen LogP contribution in [-0.4, -0.2) is 19.6 Å². The molecule has 2 aromatic heterocycles. The van der Waals surface area contributed by atoms with Crippen molar-refractivity contribution in [1.82, 2.24) is 19.6 Å². The second-order valence-corrected chi connectivity index (χ2v) is 4.61. The minimum absolute atomic E-state index is 0.179. The van der Waals surface area contributed by atoms with Gasteiger partial charge in [0.15, 0.2) is 5.82 Å². The van der Waals surface area contributed by atoms with Gasteiger partial charge in [-0.2, -0.15) is 4.98 Å². The van der Waals surface area contributed by atoms with E-state index in [1.807, 2.05) is 12.3 Å². The van der Waals surface area contributed by atoms with Crippen molar-refractivity contribution in [1.29, 1.82) is 0 Å². The van der Waals surface area contributed by atoms with Gasteiger partial charge in [-0.3, -0.25) is 0 Å². The molecule has 3 aromatic rings. The van der Waals surface area contributed by atoms with Gasteiger partial charge in [-0.05, 0) is 23.6 Å². The molecule has 2 heterocycles. The summed E-state index contributed by atoms with van der Waals surface area (Å²) in [4.78, 5) is 8.72. The van der Waals surface area contributed by atoms with Crippen LogP contribution in [0.15, 0.2) is 42.7 Å². The Morgan fingerprint density at radius 3 is 2.84 bits per heavy atom. The van der Waals surface area contributed by atoms with Crippen LogP contribution in [0.3, 0.4) is 0 Å². The average molecular weight is 252 g/mol. The average Bonchev–Trinajstić information content (AvgIpc) is 2.90. The van der Waals surface area contributed by atoms with Gasteiger partial charge in [-0.1, -0.05) is 38.1 Å². The third kappa shape index (κ3) is 2.10. The first kappa shape index (κ1) is 11.8. The number of hydrogen-bond donors (Lipinski definition) is 0. The van der Waals surface area contributed by atoms with Crippen molar-refractivity contribution < 1.29 is 0 Å². The van der Waals surface area contributed by atoms with Crippen LogP contribution in [0.2, 0.25) is 0 Å². The minimum Gasteiger partial charge on any atom is -0.220 e. The second kappa shape index (κ2) is 4.80. The third-order valence-electron chi connectivity index (χ3n) is 3.42. The van der Waals surface area contributed by atoms with Crippen molar-refractivity contribution in [2.24, 2.45) is 0 Å². The van der Waals surface area contributed by atoms with E-state index in [0.29, 0.717) is 5.78 Å². The van der Waals surface area contributed by atoms with Gasteiger partial charge in [0, 0.05) is 18.3 Å². The highest BCUT2D eigenvalue weighted by molar-refractivity contribution is 5.35. The molecular formula is C15H16N4. The Morgan fingerprint density at radius 2 is 2.05 bits per heavy atom. The molecule has 0 aliphatic heterocycles. The Morgan fingerprint density at radius 1 is 1.21 bits per heavy atom. The SMILES string of the molecule is CCc1ccccc1C(C)c1nc2ncccn2n1. The molecule has 0 N–H and O–H groups in total. The lowest BCUT2D eigenvalue weighted by Gasteiger charge is -2.12. The zero-order valence-corrected chi connectivity index (χ0v) is 11.1. The van der Waals surface area contributed by atoms with Crippen LogP contribution in [-0.2, 0) is 6.42 Å². The molecule has 1 unspecified atom stereocenters. The topological polar surface area (TPSA) is 43.1 Å². The van der Waals surface area contributed by atoms with Crippen molar-refractivity contribution in [3.05, 3.63) is 59.7 Å². The fourth-order valence-corrected chi connectivity index (χ4v) is 2.35. The van der Waals surface area contributed by atoms with Gasteiger partial charge < -0.3 is 0 Å². The molecule has 1 atom stereocenters. The molecule has 1 aromatic carbocycles. The Hall–Kier alpha value is -2.23. The Balaban J connectivity index is 2.05. The summed E-state index contributed by atoms with van der Waals surface area (Å²) in [5.41, 5.74) is 2.64. The van der Waals surface area contributed by atoms with E-state index < -0.39 is 0 Å². The van der Waals surface area contributed by atoms with Gasteiger partial charge in [0.25, 0.3) is 5.78 Å². The highest BCUT2D eigenvalue weighted by Gasteiger charge is 2.16. The fraction of sp³-hybridized carbons (Fsp3) is 0.267. The molecule has 96 valence electrons. The quantitative estimate of drug-likeness (QED) is 0.720. The Bertz CT molecular complexity index is 669. The molecule has 0 aliphatic carbocycles. The van der Waals surface area contributed by atoms with Gasteiger partial charge >= 0.3 is 0 Å². The summed E-state index contributed by atoms with van der Waals surface area (Å²) in [7, 11) is 0. The van der Waals surface area contributed by atoms with Crippen molar-refractivity contribution in [3.63, 3.8) is 0 Å². The summed E-state index contributed by atoms with van der Waals surface area (Å²) in [5.74, 6) is 1.65. The first-order valence-corrected chi connectivity index (χ1v) is 6.54. The molecule has 0 bridgehead atoms. The molecule has 4 nitrogen and oxygen atoms in total. The van der Waals surface area contributed by atoms with Gasteiger partial charge in [0.1, 0.15) is 0 Å². The second-order valence-electron chi connectivity index (χ2n) is 4.61. The maximum atomic E-state index is 4.51. The van der Waals surface area contributed by atoms with Crippen molar-refractivity contribution in [2.45, 2.75) is 26.2 Å². The minimum atomic E-state index is 0.179. The Kier molecular flexibility index (Phi) is 2.99. The van der Waals surface area contributed by atoms with Crippen LogP contribution in [0.25, 0.3) is 5.78 Å². The zero-order chi connectivity index (χ0) is 13.2. The monoisotopic (exact) mass is 252 g/mol.